The second-order valence-electron chi connectivity index (χ2n) is 10.7. The van der Waals surface area contributed by atoms with E-state index in [1.807, 2.05) is 47.6 Å². The van der Waals surface area contributed by atoms with Crippen molar-refractivity contribution < 1.29 is 22.7 Å². The molecule has 2 bridgehead atoms. The summed E-state index contributed by atoms with van der Waals surface area (Å²) in [6.07, 6.45) is 1.51. The summed E-state index contributed by atoms with van der Waals surface area (Å²) in [7, 11) is -3.70. The van der Waals surface area contributed by atoms with E-state index >= 15 is 0 Å². The Bertz CT molecular complexity index is 965. The van der Waals surface area contributed by atoms with E-state index in [0.29, 0.717) is 18.5 Å². The van der Waals surface area contributed by atoms with Gasteiger partial charge in [0.1, 0.15) is 5.78 Å². The summed E-state index contributed by atoms with van der Waals surface area (Å²) in [4.78, 5) is 12.7. The van der Waals surface area contributed by atoms with Crippen molar-refractivity contribution in [1.29, 1.82) is 0 Å². The zero-order chi connectivity index (χ0) is 22.2. The molecule has 0 aromatic heterocycles. The third kappa shape index (κ3) is 3.21. The second-order valence-corrected chi connectivity index (χ2v) is 12.5. The Hall–Kier alpha value is -1.44. The monoisotopic (exact) mass is 435 g/mol. The number of hydrogen-bond acceptors (Lipinski definition) is 5. The lowest BCUT2D eigenvalue weighted by Gasteiger charge is -2.36. The molecule has 0 unspecified atom stereocenters. The summed E-state index contributed by atoms with van der Waals surface area (Å²) < 4.78 is 41.0. The van der Waals surface area contributed by atoms with Crippen LogP contribution in [0.25, 0.3) is 0 Å². The van der Waals surface area contributed by atoms with Gasteiger partial charge < -0.3 is 9.47 Å². The quantitative estimate of drug-likeness (QED) is 0.740. The Morgan fingerprint density at radius 1 is 1.07 bits per heavy atom. The lowest BCUT2D eigenvalue weighted by molar-refractivity contribution is -0.128. The number of ether oxygens (including phenoxy) is 2. The van der Waals surface area contributed by atoms with Crippen molar-refractivity contribution in [2.45, 2.75) is 78.3 Å². The van der Waals surface area contributed by atoms with Crippen molar-refractivity contribution in [2.24, 2.45) is 16.7 Å². The van der Waals surface area contributed by atoms with E-state index in [4.69, 9.17) is 9.47 Å². The van der Waals surface area contributed by atoms with Crippen LogP contribution in [0.15, 0.2) is 24.3 Å². The molecule has 6 nitrogen and oxygen atoms in total. The molecule has 1 N–H and O–H groups in total. The van der Waals surface area contributed by atoms with Crippen LogP contribution in [0.4, 0.5) is 5.69 Å². The number of carbonyl (C=O) groups is 1. The van der Waals surface area contributed by atoms with Crippen molar-refractivity contribution >= 4 is 21.5 Å². The molecule has 166 valence electrons. The van der Waals surface area contributed by atoms with Crippen LogP contribution < -0.4 is 4.72 Å². The molecule has 0 amide bonds. The van der Waals surface area contributed by atoms with Crippen LogP contribution in [0.2, 0.25) is 0 Å². The normalized spacial score (nSPS) is 31.9. The maximum Gasteiger partial charge on any atom is 0.233 e. The minimum Gasteiger partial charge on any atom is -0.339 e. The van der Waals surface area contributed by atoms with E-state index in [0.717, 1.165) is 12.0 Å². The summed E-state index contributed by atoms with van der Waals surface area (Å²) >= 11 is 0. The highest BCUT2D eigenvalue weighted by Crippen LogP contribution is 2.64. The van der Waals surface area contributed by atoms with Gasteiger partial charge in [0.15, 0.2) is 6.29 Å². The van der Waals surface area contributed by atoms with Gasteiger partial charge in [-0.25, -0.2) is 8.42 Å². The van der Waals surface area contributed by atoms with Crippen LogP contribution >= 0.6 is 0 Å². The molecule has 2 saturated carbocycles. The fraction of sp³-hybridized carbons (Fsp3) is 0.696. The maximum atomic E-state index is 13.1. The van der Waals surface area contributed by atoms with Gasteiger partial charge in [0.25, 0.3) is 0 Å². The van der Waals surface area contributed by atoms with Crippen molar-refractivity contribution in [3.8, 4) is 0 Å². The molecule has 2 atom stereocenters. The second kappa shape index (κ2) is 6.53. The van der Waals surface area contributed by atoms with E-state index in [-0.39, 0.29) is 22.9 Å². The standard InChI is InChI=1S/C23H33NO5S/c1-20(2)16-10-11-23(20,18(25)13-16)14-30(26,27)24-17-9-7-8-15(12-17)19-28-21(3,4)22(5,6)29-19/h7-9,12,16,19,24H,10-11,13-14H2,1-6H3/t16-,23+/m1/s1. The Morgan fingerprint density at radius 3 is 2.23 bits per heavy atom. The molecular weight excluding hydrogens is 402 g/mol. The Balaban J connectivity index is 1.54. The summed E-state index contributed by atoms with van der Waals surface area (Å²) in [5.41, 5.74) is -0.808. The van der Waals surface area contributed by atoms with Crippen LogP contribution in [-0.4, -0.2) is 31.2 Å². The first-order valence-electron chi connectivity index (χ1n) is 10.7. The predicted octanol–water partition coefficient (Wildman–Crippen LogP) is 4.43. The van der Waals surface area contributed by atoms with E-state index in [1.54, 1.807) is 18.2 Å². The third-order valence-electron chi connectivity index (χ3n) is 8.26. The molecule has 1 heterocycles. The number of sulfonamides is 1. The zero-order valence-electron chi connectivity index (χ0n) is 18.7. The number of hydrogen-bond donors (Lipinski definition) is 1. The lowest BCUT2D eigenvalue weighted by Crippen LogP contribution is -2.43. The SMILES string of the molecule is CC1(C)OC(c2cccc(NS(=O)(=O)C[C@@]34CC[C@H](CC3=O)C4(C)C)c2)OC1(C)C. The molecule has 4 rings (SSSR count). The molecule has 3 fully saturated rings. The number of benzene rings is 1. The van der Waals surface area contributed by atoms with Crippen LogP contribution in [0, 0.1) is 16.7 Å². The van der Waals surface area contributed by atoms with Gasteiger partial charge in [0.05, 0.1) is 22.4 Å². The predicted molar refractivity (Wildman–Crippen MR) is 115 cm³/mol. The summed E-state index contributed by atoms with van der Waals surface area (Å²) in [6.45, 7) is 12.0. The largest absolute Gasteiger partial charge is 0.339 e. The molecule has 1 aliphatic heterocycles. The van der Waals surface area contributed by atoms with Gasteiger partial charge in [-0.15, -0.1) is 0 Å². The maximum absolute atomic E-state index is 13.1. The topological polar surface area (TPSA) is 81.7 Å². The fourth-order valence-electron chi connectivity index (χ4n) is 5.38. The molecule has 30 heavy (non-hydrogen) atoms. The van der Waals surface area contributed by atoms with Crippen molar-refractivity contribution in [1.82, 2.24) is 0 Å². The first-order chi connectivity index (χ1) is 13.7. The minimum atomic E-state index is -3.70. The van der Waals surface area contributed by atoms with Gasteiger partial charge >= 0.3 is 0 Å². The van der Waals surface area contributed by atoms with Gasteiger partial charge in [-0.1, -0.05) is 26.0 Å². The van der Waals surface area contributed by atoms with Crippen LogP contribution in [0.3, 0.4) is 0 Å². The van der Waals surface area contributed by atoms with Crippen molar-refractivity contribution in [3.63, 3.8) is 0 Å². The molecule has 1 aromatic rings. The highest BCUT2D eigenvalue weighted by atomic mass is 32.2. The Labute approximate surface area is 179 Å². The molecule has 7 heteroatoms. The number of rotatable bonds is 5. The fourth-order valence-corrected chi connectivity index (χ4v) is 7.26. The molecule has 0 radical (unpaired) electrons. The van der Waals surface area contributed by atoms with Gasteiger partial charge in [-0.05, 0) is 64.0 Å². The number of Topliss-reactive ketones (excluding diaryl/α,β-unsaturated/α-hetero) is 1. The number of ketones is 1. The summed E-state index contributed by atoms with van der Waals surface area (Å²) in [5.74, 6) is 0.218. The Kier molecular flexibility index (Phi) is 4.74. The van der Waals surface area contributed by atoms with E-state index < -0.39 is 32.9 Å². The van der Waals surface area contributed by atoms with Crippen molar-refractivity contribution in [3.05, 3.63) is 29.8 Å². The molecule has 1 aromatic carbocycles. The average molecular weight is 436 g/mol. The molecule has 2 aliphatic carbocycles. The summed E-state index contributed by atoms with van der Waals surface area (Å²) in [6, 6.07) is 7.11. The van der Waals surface area contributed by atoms with Crippen LogP contribution in [-0.2, 0) is 24.3 Å². The van der Waals surface area contributed by atoms with E-state index in [1.165, 1.54) is 0 Å². The smallest absolute Gasteiger partial charge is 0.233 e. The minimum absolute atomic E-state index is 0.0973. The van der Waals surface area contributed by atoms with Crippen LogP contribution in [0.1, 0.15) is 72.7 Å². The first kappa shape index (κ1) is 21.8. The highest BCUT2D eigenvalue weighted by molar-refractivity contribution is 7.92. The molecule has 0 spiro atoms. The molecular formula is C23H33NO5S. The zero-order valence-corrected chi connectivity index (χ0v) is 19.6. The highest BCUT2D eigenvalue weighted by Gasteiger charge is 2.65. The lowest BCUT2D eigenvalue weighted by atomic mass is 9.70. The van der Waals surface area contributed by atoms with Crippen LogP contribution in [0.5, 0.6) is 0 Å². The van der Waals surface area contributed by atoms with Gasteiger partial charge in [0.2, 0.25) is 10.0 Å². The Morgan fingerprint density at radius 2 is 1.70 bits per heavy atom. The molecule has 3 aliphatic rings. The van der Waals surface area contributed by atoms with Gasteiger partial charge in [0, 0.05) is 17.7 Å². The number of fused-ring (bicyclic) bond motifs is 2. The number of anilines is 1. The van der Waals surface area contributed by atoms with Gasteiger partial charge in [-0.3, -0.25) is 9.52 Å². The van der Waals surface area contributed by atoms with Crippen molar-refractivity contribution in [2.75, 3.05) is 10.5 Å². The van der Waals surface area contributed by atoms with E-state index in [2.05, 4.69) is 4.72 Å². The third-order valence-corrected chi connectivity index (χ3v) is 9.68. The first-order valence-corrected chi connectivity index (χ1v) is 12.3. The van der Waals surface area contributed by atoms with E-state index in [9.17, 15) is 13.2 Å². The number of carbonyl (C=O) groups excluding carboxylic acids is 1. The summed E-state index contributed by atoms with van der Waals surface area (Å²) in [5, 5.41) is 0. The number of nitrogens with one attached hydrogen (secondary N) is 1. The molecule has 1 saturated heterocycles. The van der Waals surface area contributed by atoms with Gasteiger partial charge in [-0.2, -0.15) is 0 Å². The average Bonchev–Trinajstić information content (AvgIpc) is 3.05.